The molecule has 0 spiro atoms. The van der Waals surface area contributed by atoms with Gasteiger partial charge in [0.25, 0.3) is 0 Å². The number of hydrogen-bond donors (Lipinski definition) is 0. The van der Waals surface area contributed by atoms with E-state index in [-0.39, 0.29) is 24.3 Å². The van der Waals surface area contributed by atoms with Gasteiger partial charge in [-0.1, -0.05) is 23.4 Å². The minimum atomic E-state index is -3.61. The van der Waals surface area contributed by atoms with Gasteiger partial charge in [0.2, 0.25) is 28.5 Å². The quantitative estimate of drug-likeness (QED) is 0.585. The van der Waals surface area contributed by atoms with Crippen LogP contribution in [0.25, 0.3) is 11.4 Å². The third-order valence-corrected chi connectivity index (χ3v) is 6.66. The van der Waals surface area contributed by atoms with Crippen LogP contribution < -0.4 is 9.47 Å². The highest BCUT2D eigenvalue weighted by atomic mass is 32.2. The number of rotatable bonds is 7. The van der Waals surface area contributed by atoms with Crippen LogP contribution in [0.4, 0.5) is 0 Å². The fourth-order valence-electron chi connectivity index (χ4n) is 3.10. The molecule has 4 rings (SSSR count). The Kier molecular flexibility index (Phi) is 5.25. The zero-order valence-corrected chi connectivity index (χ0v) is 16.9. The van der Waals surface area contributed by atoms with Crippen molar-refractivity contribution in [3.8, 4) is 22.9 Å². The van der Waals surface area contributed by atoms with E-state index in [4.69, 9.17) is 14.0 Å². The minimum absolute atomic E-state index is 0.192. The summed E-state index contributed by atoms with van der Waals surface area (Å²) in [6.07, 6.45) is 0.307. The molecule has 0 unspecified atom stereocenters. The van der Waals surface area contributed by atoms with Gasteiger partial charge < -0.3 is 14.0 Å². The van der Waals surface area contributed by atoms with E-state index in [9.17, 15) is 8.42 Å². The van der Waals surface area contributed by atoms with Crippen molar-refractivity contribution in [2.45, 2.75) is 31.2 Å². The molecule has 1 aliphatic heterocycles. The predicted molar refractivity (Wildman–Crippen MR) is 105 cm³/mol. The van der Waals surface area contributed by atoms with Crippen molar-refractivity contribution in [1.29, 1.82) is 0 Å². The van der Waals surface area contributed by atoms with E-state index in [1.807, 2.05) is 19.9 Å². The second kappa shape index (κ2) is 7.84. The van der Waals surface area contributed by atoms with Crippen LogP contribution >= 0.6 is 0 Å². The van der Waals surface area contributed by atoms with Gasteiger partial charge in [0.05, 0.1) is 4.90 Å². The molecule has 0 amide bonds. The number of sulfonamides is 1. The highest BCUT2D eigenvalue weighted by Gasteiger charge is 2.27. The molecule has 2 heterocycles. The molecule has 2 aromatic carbocycles. The summed E-state index contributed by atoms with van der Waals surface area (Å²) in [5.74, 6) is 2.09. The lowest BCUT2D eigenvalue weighted by Gasteiger charge is -2.25. The normalized spacial score (nSPS) is 13.4. The van der Waals surface area contributed by atoms with Crippen molar-refractivity contribution in [1.82, 2.24) is 14.4 Å². The largest absolute Gasteiger partial charge is 0.454 e. The monoisotopic (exact) mass is 415 g/mol. The minimum Gasteiger partial charge on any atom is -0.454 e. The van der Waals surface area contributed by atoms with Crippen LogP contribution in [0.5, 0.6) is 11.5 Å². The summed E-state index contributed by atoms with van der Waals surface area (Å²) in [7, 11) is -3.61. The maximum absolute atomic E-state index is 13.0. The van der Waals surface area contributed by atoms with Crippen LogP contribution in [0.3, 0.4) is 0 Å². The molecule has 0 atom stereocenters. The van der Waals surface area contributed by atoms with Gasteiger partial charge in [0, 0.05) is 24.6 Å². The average Bonchev–Trinajstić information content (AvgIpc) is 3.37. The first-order valence-electron chi connectivity index (χ1n) is 9.24. The molecule has 0 fully saturated rings. The smallest absolute Gasteiger partial charge is 0.243 e. The van der Waals surface area contributed by atoms with E-state index in [2.05, 4.69) is 10.1 Å². The molecule has 0 aliphatic carbocycles. The van der Waals surface area contributed by atoms with Gasteiger partial charge in [0.15, 0.2) is 11.5 Å². The van der Waals surface area contributed by atoms with Crippen molar-refractivity contribution in [3.63, 3.8) is 0 Å². The van der Waals surface area contributed by atoms with Crippen LogP contribution in [0.15, 0.2) is 57.9 Å². The highest BCUT2D eigenvalue weighted by Crippen LogP contribution is 2.35. The molecule has 0 saturated carbocycles. The summed E-state index contributed by atoms with van der Waals surface area (Å²) in [5, 5.41) is 4.00. The number of fused-ring (bicyclic) bond motifs is 1. The Morgan fingerprint density at radius 1 is 1.07 bits per heavy atom. The zero-order chi connectivity index (χ0) is 20.4. The van der Waals surface area contributed by atoms with E-state index in [0.29, 0.717) is 29.6 Å². The van der Waals surface area contributed by atoms with E-state index >= 15 is 0 Å². The number of benzene rings is 2. The SMILES string of the molecule is CC(C)N(CCc1nc(-c2ccc3c(c2)OCO3)no1)S(=O)(=O)c1ccccc1. The predicted octanol–water partition coefficient (Wildman–Crippen LogP) is 3.11. The maximum Gasteiger partial charge on any atom is 0.243 e. The molecule has 0 radical (unpaired) electrons. The molecular weight excluding hydrogens is 394 g/mol. The number of hydrogen-bond acceptors (Lipinski definition) is 7. The molecule has 29 heavy (non-hydrogen) atoms. The lowest BCUT2D eigenvalue weighted by Crippen LogP contribution is -2.38. The van der Waals surface area contributed by atoms with Crippen LogP contribution in [-0.4, -0.2) is 42.2 Å². The number of aromatic nitrogens is 2. The Bertz CT molecular complexity index is 1100. The third kappa shape index (κ3) is 3.96. The summed E-state index contributed by atoms with van der Waals surface area (Å²) in [6.45, 7) is 4.10. The fourth-order valence-corrected chi connectivity index (χ4v) is 4.76. The first-order valence-corrected chi connectivity index (χ1v) is 10.7. The van der Waals surface area contributed by atoms with Crippen LogP contribution in [0, 0.1) is 0 Å². The number of ether oxygens (including phenoxy) is 2. The van der Waals surface area contributed by atoms with E-state index < -0.39 is 10.0 Å². The second-order valence-corrected chi connectivity index (χ2v) is 8.74. The van der Waals surface area contributed by atoms with Crippen LogP contribution in [-0.2, 0) is 16.4 Å². The molecule has 0 N–H and O–H groups in total. The summed E-state index contributed by atoms with van der Waals surface area (Å²) in [4.78, 5) is 4.66. The number of nitrogens with zero attached hydrogens (tertiary/aromatic N) is 3. The summed E-state index contributed by atoms with van der Waals surface area (Å²) >= 11 is 0. The van der Waals surface area contributed by atoms with Gasteiger partial charge >= 0.3 is 0 Å². The Morgan fingerprint density at radius 2 is 1.83 bits per heavy atom. The lowest BCUT2D eigenvalue weighted by molar-refractivity contribution is 0.174. The highest BCUT2D eigenvalue weighted by molar-refractivity contribution is 7.89. The molecule has 9 heteroatoms. The van der Waals surface area contributed by atoms with Gasteiger partial charge in [0.1, 0.15) is 0 Å². The molecule has 1 aliphatic rings. The Morgan fingerprint density at radius 3 is 2.59 bits per heavy atom. The molecule has 3 aromatic rings. The molecule has 0 saturated heterocycles. The van der Waals surface area contributed by atoms with Crippen molar-refractivity contribution in [2.75, 3.05) is 13.3 Å². The summed E-state index contributed by atoms with van der Waals surface area (Å²) < 4.78 is 43.4. The molecule has 152 valence electrons. The topological polar surface area (TPSA) is 94.8 Å². The van der Waals surface area contributed by atoms with Gasteiger partial charge in [-0.2, -0.15) is 9.29 Å². The van der Waals surface area contributed by atoms with Gasteiger partial charge in [-0.3, -0.25) is 0 Å². The standard InChI is InChI=1S/C20H21N3O5S/c1-14(2)23(29(24,25)16-6-4-3-5-7-16)11-10-19-21-20(22-28-19)15-8-9-17-18(12-15)27-13-26-17/h3-9,12,14H,10-11,13H2,1-2H3. The lowest BCUT2D eigenvalue weighted by atomic mass is 10.2. The Balaban J connectivity index is 1.49. The first-order chi connectivity index (χ1) is 13.9. The van der Waals surface area contributed by atoms with Gasteiger partial charge in [-0.15, -0.1) is 0 Å². The second-order valence-electron chi connectivity index (χ2n) is 6.85. The molecule has 8 nitrogen and oxygen atoms in total. The first kappa shape index (κ1) is 19.4. The van der Waals surface area contributed by atoms with Crippen LogP contribution in [0.2, 0.25) is 0 Å². The van der Waals surface area contributed by atoms with Crippen molar-refractivity contribution in [3.05, 3.63) is 54.4 Å². The zero-order valence-electron chi connectivity index (χ0n) is 16.1. The third-order valence-electron chi connectivity index (χ3n) is 4.57. The van der Waals surface area contributed by atoms with Crippen LogP contribution in [0.1, 0.15) is 19.7 Å². The summed E-state index contributed by atoms with van der Waals surface area (Å²) in [5.41, 5.74) is 0.738. The molecule has 1 aromatic heterocycles. The van der Waals surface area contributed by atoms with Crippen molar-refractivity contribution < 1.29 is 22.4 Å². The summed E-state index contributed by atoms with van der Waals surface area (Å²) in [6, 6.07) is 13.6. The van der Waals surface area contributed by atoms with E-state index in [1.54, 1.807) is 42.5 Å². The van der Waals surface area contributed by atoms with Gasteiger partial charge in [-0.25, -0.2) is 8.42 Å². The molecule has 0 bridgehead atoms. The average molecular weight is 415 g/mol. The Hall–Kier alpha value is -2.91. The Labute approximate surface area is 169 Å². The fraction of sp³-hybridized carbons (Fsp3) is 0.300. The molecular formula is C20H21N3O5S. The van der Waals surface area contributed by atoms with E-state index in [1.165, 1.54) is 4.31 Å². The van der Waals surface area contributed by atoms with Crippen molar-refractivity contribution in [2.24, 2.45) is 0 Å². The maximum atomic E-state index is 13.0. The van der Waals surface area contributed by atoms with E-state index in [0.717, 1.165) is 5.56 Å². The van der Waals surface area contributed by atoms with Gasteiger partial charge in [-0.05, 0) is 44.2 Å². The van der Waals surface area contributed by atoms with Crippen molar-refractivity contribution >= 4 is 10.0 Å².